The molecule has 1 aromatic heterocycles. The van der Waals surface area contributed by atoms with Gasteiger partial charge in [0.25, 0.3) is 5.91 Å². The van der Waals surface area contributed by atoms with Gasteiger partial charge < -0.3 is 15.4 Å². The highest BCUT2D eigenvalue weighted by Gasteiger charge is 2.10. The molecule has 6 nitrogen and oxygen atoms in total. The molecule has 0 atom stereocenters. The summed E-state index contributed by atoms with van der Waals surface area (Å²) >= 11 is 0. The maximum atomic E-state index is 12.1. The van der Waals surface area contributed by atoms with Crippen LogP contribution >= 0.6 is 0 Å². The summed E-state index contributed by atoms with van der Waals surface area (Å²) in [6.45, 7) is 0.554. The molecule has 0 radical (unpaired) electrons. The molecule has 0 saturated carbocycles. The zero-order valence-electron chi connectivity index (χ0n) is 15.3. The van der Waals surface area contributed by atoms with E-state index in [-0.39, 0.29) is 24.9 Å². The Kier molecular flexibility index (Phi) is 6.73. The van der Waals surface area contributed by atoms with Gasteiger partial charge in [-0.3, -0.25) is 9.59 Å². The summed E-state index contributed by atoms with van der Waals surface area (Å²) in [5.74, 6) is -0.105. The number of hydrogen-bond acceptors (Lipinski definition) is 4. The number of ether oxygens (including phenoxy) is 1. The lowest BCUT2D eigenvalue weighted by molar-refractivity contribution is -0.120. The van der Waals surface area contributed by atoms with E-state index in [4.69, 9.17) is 4.74 Å². The zero-order valence-corrected chi connectivity index (χ0v) is 15.3. The highest BCUT2D eigenvalue weighted by Crippen LogP contribution is 2.15. The second-order valence-electron chi connectivity index (χ2n) is 6.07. The van der Waals surface area contributed by atoms with Gasteiger partial charge in [0.2, 0.25) is 11.8 Å². The van der Waals surface area contributed by atoms with Crippen LogP contribution in [0.25, 0.3) is 0 Å². The van der Waals surface area contributed by atoms with E-state index in [0.29, 0.717) is 18.1 Å². The first-order valence-corrected chi connectivity index (χ1v) is 8.93. The molecule has 6 heteroatoms. The lowest BCUT2D eigenvalue weighted by Crippen LogP contribution is -2.36. The Morgan fingerprint density at radius 3 is 2.32 bits per heavy atom. The van der Waals surface area contributed by atoms with Crippen LogP contribution in [0.4, 0.5) is 0 Å². The minimum absolute atomic E-state index is 0.103. The van der Waals surface area contributed by atoms with Crippen LogP contribution in [0.5, 0.6) is 5.88 Å². The number of carbonyl (C=O) groups is 2. The van der Waals surface area contributed by atoms with Crippen molar-refractivity contribution in [2.24, 2.45) is 0 Å². The second kappa shape index (κ2) is 9.87. The van der Waals surface area contributed by atoms with Crippen LogP contribution in [0.15, 0.2) is 79.0 Å². The van der Waals surface area contributed by atoms with Crippen LogP contribution in [0.2, 0.25) is 0 Å². The number of benzene rings is 2. The van der Waals surface area contributed by atoms with E-state index >= 15 is 0 Å². The molecule has 3 rings (SSSR count). The lowest BCUT2D eigenvalue weighted by atomic mass is 10.2. The summed E-state index contributed by atoms with van der Waals surface area (Å²) in [4.78, 5) is 28.3. The van der Waals surface area contributed by atoms with Crippen molar-refractivity contribution in [1.82, 2.24) is 15.6 Å². The van der Waals surface area contributed by atoms with Gasteiger partial charge >= 0.3 is 0 Å². The maximum absolute atomic E-state index is 12.1. The smallest absolute Gasteiger partial charge is 0.251 e. The quantitative estimate of drug-likeness (QED) is 0.634. The van der Waals surface area contributed by atoms with Crippen LogP contribution in [-0.2, 0) is 17.9 Å². The minimum Gasteiger partial charge on any atom is -0.473 e. The molecule has 0 bridgehead atoms. The van der Waals surface area contributed by atoms with Crippen LogP contribution in [-0.4, -0.2) is 23.3 Å². The van der Waals surface area contributed by atoms with E-state index in [0.717, 1.165) is 11.1 Å². The van der Waals surface area contributed by atoms with Crippen molar-refractivity contribution in [3.05, 3.63) is 95.7 Å². The van der Waals surface area contributed by atoms with E-state index in [1.807, 2.05) is 42.5 Å². The molecule has 2 aromatic carbocycles. The fraction of sp³-hybridized carbons (Fsp3) is 0.136. The largest absolute Gasteiger partial charge is 0.473 e. The molecule has 0 unspecified atom stereocenters. The molecular formula is C22H21N3O3. The Balaban J connectivity index is 1.48. The summed E-state index contributed by atoms with van der Waals surface area (Å²) in [7, 11) is 0. The normalized spacial score (nSPS) is 10.1. The fourth-order valence-electron chi connectivity index (χ4n) is 2.52. The third-order valence-electron chi connectivity index (χ3n) is 3.99. The molecule has 142 valence electrons. The number of nitrogens with zero attached hydrogens (tertiary/aromatic N) is 1. The van der Waals surface area contributed by atoms with Crippen molar-refractivity contribution in [1.29, 1.82) is 0 Å². The maximum Gasteiger partial charge on any atom is 0.251 e. The number of rotatable bonds is 8. The molecular weight excluding hydrogens is 354 g/mol. The summed E-state index contributed by atoms with van der Waals surface area (Å²) in [6, 6.07) is 22.2. The second-order valence-corrected chi connectivity index (χ2v) is 6.07. The summed E-state index contributed by atoms with van der Waals surface area (Å²) < 4.78 is 5.78. The van der Waals surface area contributed by atoms with Crippen LogP contribution in [0.1, 0.15) is 21.5 Å². The van der Waals surface area contributed by atoms with E-state index in [9.17, 15) is 9.59 Å². The molecule has 0 aliphatic carbocycles. The summed E-state index contributed by atoms with van der Waals surface area (Å²) in [5.41, 5.74) is 2.31. The van der Waals surface area contributed by atoms with Crippen LogP contribution < -0.4 is 15.4 Å². The predicted octanol–water partition coefficient (Wildman–Crippen LogP) is 2.71. The van der Waals surface area contributed by atoms with Crippen molar-refractivity contribution in [2.75, 3.05) is 6.54 Å². The molecule has 28 heavy (non-hydrogen) atoms. The van der Waals surface area contributed by atoms with E-state index < -0.39 is 0 Å². The molecule has 2 amide bonds. The Morgan fingerprint density at radius 2 is 1.57 bits per heavy atom. The Hall–Kier alpha value is -3.67. The number of hydrogen-bond donors (Lipinski definition) is 2. The van der Waals surface area contributed by atoms with Gasteiger partial charge in [-0.2, -0.15) is 0 Å². The van der Waals surface area contributed by atoms with Gasteiger partial charge in [-0.05, 0) is 23.8 Å². The molecule has 0 saturated heterocycles. The standard InChI is InChI=1S/C22H21N3O3/c26-20(15-25-21(27)18-10-5-2-6-11-18)24-14-19-12-7-13-23-22(19)28-16-17-8-3-1-4-9-17/h1-13H,14-16H2,(H,24,26)(H,25,27). The fourth-order valence-corrected chi connectivity index (χ4v) is 2.52. The van der Waals surface area contributed by atoms with Crippen molar-refractivity contribution >= 4 is 11.8 Å². The van der Waals surface area contributed by atoms with Crippen molar-refractivity contribution in [3.8, 4) is 5.88 Å². The lowest BCUT2D eigenvalue weighted by Gasteiger charge is -2.11. The monoisotopic (exact) mass is 375 g/mol. The van der Waals surface area contributed by atoms with Crippen LogP contribution in [0, 0.1) is 0 Å². The number of aromatic nitrogens is 1. The third kappa shape index (κ3) is 5.67. The van der Waals surface area contributed by atoms with Crippen molar-refractivity contribution < 1.29 is 14.3 Å². The van der Waals surface area contributed by atoms with E-state index in [1.165, 1.54) is 0 Å². The van der Waals surface area contributed by atoms with E-state index in [2.05, 4.69) is 15.6 Å². The predicted molar refractivity (Wildman–Crippen MR) is 106 cm³/mol. The van der Waals surface area contributed by atoms with Gasteiger partial charge in [0.15, 0.2) is 0 Å². The molecule has 2 N–H and O–H groups in total. The first kappa shape index (κ1) is 19.1. The average Bonchev–Trinajstić information content (AvgIpc) is 2.76. The number of pyridine rings is 1. The highest BCUT2D eigenvalue weighted by molar-refractivity contribution is 5.96. The Bertz CT molecular complexity index is 915. The highest BCUT2D eigenvalue weighted by atomic mass is 16.5. The van der Waals surface area contributed by atoms with Gasteiger partial charge in [-0.15, -0.1) is 0 Å². The molecule has 1 heterocycles. The SMILES string of the molecule is O=C(CNC(=O)c1ccccc1)NCc1cccnc1OCc1ccccc1. The summed E-state index contributed by atoms with van der Waals surface area (Å²) in [5, 5.41) is 5.37. The first-order chi connectivity index (χ1) is 13.7. The topological polar surface area (TPSA) is 80.3 Å². The van der Waals surface area contributed by atoms with Crippen LogP contribution in [0.3, 0.4) is 0 Å². The van der Waals surface area contributed by atoms with Gasteiger partial charge in [-0.25, -0.2) is 4.98 Å². The third-order valence-corrected chi connectivity index (χ3v) is 3.99. The minimum atomic E-state index is -0.290. The number of amides is 2. The van der Waals surface area contributed by atoms with Gasteiger partial charge in [0.1, 0.15) is 6.61 Å². The van der Waals surface area contributed by atoms with E-state index in [1.54, 1.807) is 36.5 Å². The molecule has 0 aliphatic rings. The molecule has 3 aromatic rings. The molecule has 0 fully saturated rings. The summed E-state index contributed by atoms with van der Waals surface area (Å²) in [6.07, 6.45) is 1.64. The van der Waals surface area contributed by atoms with Gasteiger partial charge in [-0.1, -0.05) is 54.6 Å². The number of nitrogens with one attached hydrogen (secondary N) is 2. The van der Waals surface area contributed by atoms with Gasteiger partial charge in [0.05, 0.1) is 6.54 Å². The zero-order chi connectivity index (χ0) is 19.6. The van der Waals surface area contributed by atoms with Crippen molar-refractivity contribution in [2.45, 2.75) is 13.2 Å². The van der Waals surface area contributed by atoms with Crippen molar-refractivity contribution in [3.63, 3.8) is 0 Å². The Morgan fingerprint density at radius 1 is 0.857 bits per heavy atom. The molecule has 0 spiro atoms. The Labute approximate surface area is 163 Å². The first-order valence-electron chi connectivity index (χ1n) is 8.93. The average molecular weight is 375 g/mol. The number of carbonyl (C=O) groups excluding carboxylic acids is 2. The van der Waals surface area contributed by atoms with Gasteiger partial charge in [0, 0.05) is 23.9 Å². The molecule has 0 aliphatic heterocycles.